The molecule has 3 aromatic carbocycles. The van der Waals surface area contributed by atoms with Crippen LogP contribution in [0, 0.1) is 11.3 Å². The molecule has 2 heterocycles. The fraction of sp³-hybridized carbons (Fsp3) is 0.200. The smallest absolute Gasteiger partial charge is 0.298 e. The Labute approximate surface area is 234 Å². The van der Waals surface area contributed by atoms with Crippen molar-refractivity contribution in [1.29, 1.82) is 5.26 Å². The molecule has 1 aliphatic heterocycles. The van der Waals surface area contributed by atoms with Gasteiger partial charge in [-0.25, -0.2) is 0 Å². The minimum absolute atomic E-state index is 0.149. The van der Waals surface area contributed by atoms with Gasteiger partial charge in [0.25, 0.3) is 17.7 Å². The lowest BCUT2D eigenvalue weighted by atomic mass is 9.99. The predicted molar refractivity (Wildman–Crippen MR) is 147 cm³/mol. The fourth-order valence-electron chi connectivity index (χ4n) is 4.81. The zero-order valence-corrected chi connectivity index (χ0v) is 22.4. The number of carbonyl (C=O) groups is 2. The average molecular weight is 558 g/mol. The summed E-state index contributed by atoms with van der Waals surface area (Å²) >= 11 is 0. The molecule has 1 aliphatic rings. The number of ether oxygens (including phenoxy) is 2. The van der Waals surface area contributed by atoms with Crippen molar-refractivity contribution in [2.45, 2.75) is 25.4 Å². The van der Waals surface area contributed by atoms with Crippen LogP contribution in [0.1, 0.15) is 44.5 Å². The number of methoxy groups -OCH3 is 2. The van der Waals surface area contributed by atoms with Crippen molar-refractivity contribution >= 4 is 23.2 Å². The fourth-order valence-corrected chi connectivity index (χ4v) is 4.81. The van der Waals surface area contributed by atoms with Gasteiger partial charge in [-0.05, 0) is 49.4 Å². The molecular weight excluding hydrogens is 532 g/mol. The van der Waals surface area contributed by atoms with Crippen LogP contribution in [0.25, 0.3) is 0 Å². The highest BCUT2D eigenvalue weighted by molar-refractivity contribution is 6.13. The van der Waals surface area contributed by atoms with Crippen LogP contribution in [-0.4, -0.2) is 41.9 Å². The lowest BCUT2D eigenvalue weighted by molar-refractivity contribution is 0.0426. The molecular formula is C30H25F2N5O4. The van der Waals surface area contributed by atoms with Crippen molar-refractivity contribution in [3.8, 4) is 17.6 Å². The average Bonchev–Trinajstić information content (AvgIpc) is 3.39. The number of hydrogen-bond acceptors (Lipinski definition) is 6. The number of alkyl halides is 2. The van der Waals surface area contributed by atoms with Crippen molar-refractivity contribution in [3.05, 3.63) is 101 Å². The van der Waals surface area contributed by atoms with E-state index in [1.807, 2.05) is 13.0 Å². The Hall–Kier alpha value is -5.24. The van der Waals surface area contributed by atoms with Gasteiger partial charge in [-0.1, -0.05) is 24.3 Å². The molecule has 0 fully saturated rings. The van der Waals surface area contributed by atoms with Gasteiger partial charge < -0.3 is 19.7 Å². The first kappa shape index (κ1) is 27.3. The van der Waals surface area contributed by atoms with Crippen LogP contribution in [0.4, 0.5) is 20.2 Å². The first-order valence-corrected chi connectivity index (χ1v) is 12.6. The summed E-state index contributed by atoms with van der Waals surface area (Å²) in [5, 5.41) is 16.3. The Morgan fingerprint density at radius 1 is 1.07 bits per heavy atom. The van der Waals surface area contributed by atoms with Crippen molar-refractivity contribution < 1.29 is 27.8 Å². The first-order chi connectivity index (χ1) is 19.7. The third-order valence-electron chi connectivity index (χ3n) is 6.91. The summed E-state index contributed by atoms with van der Waals surface area (Å²) in [4.78, 5) is 28.1. The zero-order chi connectivity index (χ0) is 29.3. The molecule has 0 radical (unpaired) electrons. The summed E-state index contributed by atoms with van der Waals surface area (Å²) in [6.07, 6.45) is 1.38. The lowest BCUT2D eigenvalue weighted by Crippen LogP contribution is -2.47. The number of anilines is 2. The number of amides is 2. The number of aromatic nitrogens is 2. The number of fused-ring (bicyclic) bond motifs is 1. The number of nitrogens with one attached hydrogen (secondary N) is 1. The highest BCUT2D eigenvalue weighted by Gasteiger charge is 2.37. The maximum atomic E-state index is 15.3. The van der Waals surface area contributed by atoms with Crippen molar-refractivity contribution in [1.82, 2.24) is 9.78 Å². The second-order valence-corrected chi connectivity index (χ2v) is 9.45. The molecule has 1 aromatic heterocycles. The van der Waals surface area contributed by atoms with E-state index in [0.717, 1.165) is 0 Å². The molecule has 5 rings (SSSR count). The van der Waals surface area contributed by atoms with Gasteiger partial charge in [0.1, 0.15) is 23.3 Å². The van der Waals surface area contributed by atoms with Gasteiger partial charge in [0, 0.05) is 22.4 Å². The Bertz CT molecular complexity index is 1680. The van der Waals surface area contributed by atoms with E-state index < -0.39 is 17.7 Å². The summed E-state index contributed by atoms with van der Waals surface area (Å²) in [7, 11) is 2.84. The molecule has 1 N–H and O–H groups in total. The third-order valence-corrected chi connectivity index (χ3v) is 6.91. The monoisotopic (exact) mass is 557 g/mol. The second kappa shape index (κ2) is 10.7. The van der Waals surface area contributed by atoms with E-state index in [-0.39, 0.29) is 39.7 Å². The Balaban J connectivity index is 1.40. The minimum atomic E-state index is -3.28. The Morgan fingerprint density at radius 3 is 2.51 bits per heavy atom. The SMILES string of the molecule is COc1cccc(C(F)(F)c2ccc(N3C(=O)c4c(NC(=O)c5ccc(OC)c(C#N)c5)cnn4C[C@@H]3C)cc2)c1. The van der Waals surface area contributed by atoms with E-state index in [0.29, 0.717) is 23.7 Å². The number of hydrogen-bond donors (Lipinski definition) is 1. The van der Waals surface area contributed by atoms with Gasteiger partial charge in [-0.3, -0.25) is 14.3 Å². The quantitative estimate of drug-likeness (QED) is 0.334. The van der Waals surface area contributed by atoms with Gasteiger partial charge in [-0.15, -0.1) is 0 Å². The number of nitrogens with zero attached hydrogens (tertiary/aromatic N) is 4. The summed E-state index contributed by atoms with van der Waals surface area (Å²) in [5.41, 5.74) is 0.697. The van der Waals surface area contributed by atoms with E-state index in [4.69, 9.17) is 9.47 Å². The van der Waals surface area contributed by atoms with E-state index in [1.54, 1.807) is 6.07 Å². The molecule has 11 heteroatoms. The summed E-state index contributed by atoms with van der Waals surface area (Å²) < 4.78 is 42.3. The number of nitriles is 1. The predicted octanol–water partition coefficient (Wildman–Crippen LogP) is 5.21. The largest absolute Gasteiger partial charge is 0.497 e. The standard InChI is InChI=1S/C30H25F2N5O4/c1-18-17-36-27(25(16-34-36)35-28(38)19-7-12-26(41-3)20(13-19)15-33)29(39)37(18)23-10-8-21(9-11-23)30(31,32)22-5-4-6-24(14-22)40-2/h4-14,16,18H,17H2,1-3H3,(H,35,38)/t18-/m0/s1. The zero-order valence-electron chi connectivity index (χ0n) is 22.4. The van der Waals surface area contributed by atoms with Gasteiger partial charge in [0.05, 0.1) is 44.3 Å². The van der Waals surface area contributed by atoms with E-state index in [2.05, 4.69) is 10.4 Å². The molecule has 0 unspecified atom stereocenters. The van der Waals surface area contributed by atoms with Crippen LogP contribution in [0.15, 0.2) is 72.9 Å². The first-order valence-electron chi connectivity index (χ1n) is 12.6. The molecule has 0 saturated heterocycles. The maximum absolute atomic E-state index is 15.3. The van der Waals surface area contributed by atoms with Gasteiger partial charge in [-0.2, -0.15) is 19.1 Å². The van der Waals surface area contributed by atoms with Crippen LogP contribution in [0.3, 0.4) is 0 Å². The normalized spacial score (nSPS) is 14.7. The number of halogens is 2. The van der Waals surface area contributed by atoms with Crippen LogP contribution in [0.2, 0.25) is 0 Å². The lowest BCUT2D eigenvalue weighted by Gasteiger charge is -2.34. The molecule has 0 saturated carbocycles. The molecule has 2 amide bonds. The van der Waals surface area contributed by atoms with Crippen LogP contribution in [-0.2, 0) is 12.5 Å². The molecule has 0 aliphatic carbocycles. The molecule has 0 spiro atoms. The van der Waals surface area contributed by atoms with Gasteiger partial charge in [0.2, 0.25) is 0 Å². The molecule has 9 nitrogen and oxygen atoms in total. The number of carbonyl (C=O) groups excluding carboxylic acids is 2. The maximum Gasteiger partial charge on any atom is 0.298 e. The van der Waals surface area contributed by atoms with Crippen molar-refractivity contribution in [3.63, 3.8) is 0 Å². The highest BCUT2D eigenvalue weighted by Crippen LogP contribution is 2.38. The Morgan fingerprint density at radius 2 is 1.83 bits per heavy atom. The van der Waals surface area contributed by atoms with Crippen LogP contribution >= 0.6 is 0 Å². The van der Waals surface area contributed by atoms with Gasteiger partial charge in [0.15, 0.2) is 0 Å². The molecule has 208 valence electrons. The van der Waals surface area contributed by atoms with Gasteiger partial charge >= 0.3 is 0 Å². The van der Waals surface area contributed by atoms with Crippen molar-refractivity contribution in [2.24, 2.45) is 0 Å². The highest BCUT2D eigenvalue weighted by atomic mass is 19.3. The van der Waals surface area contributed by atoms with Crippen LogP contribution < -0.4 is 19.7 Å². The third kappa shape index (κ3) is 4.96. The summed E-state index contributed by atoms with van der Waals surface area (Å²) in [5.74, 6) is -3.62. The number of rotatable bonds is 7. The Kier molecular flexibility index (Phi) is 7.15. The molecule has 0 bridgehead atoms. The van der Waals surface area contributed by atoms with E-state index >= 15 is 8.78 Å². The second-order valence-electron chi connectivity index (χ2n) is 9.45. The topological polar surface area (TPSA) is 109 Å². The van der Waals surface area contributed by atoms with Crippen molar-refractivity contribution in [2.75, 3.05) is 24.4 Å². The minimum Gasteiger partial charge on any atom is -0.497 e. The molecule has 1 atom stereocenters. The van der Waals surface area contributed by atoms with Crippen LogP contribution in [0.5, 0.6) is 11.5 Å². The summed E-state index contributed by atoms with van der Waals surface area (Å²) in [6.45, 7) is 2.14. The van der Waals surface area contributed by atoms with E-state index in [1.165, 1.54) is 90.7 Å². The van der Waals surface area contributed by atoms with E-state index in [9.17, 15) is 14.9 Å². The molecule has 4 aromatic rings. The molecule has 41 heavy (non-hydrogen) atoms. The summed E-state index contributed by atoms with van der Waals surface area (Å²) in [6, 6.07) is 17.3. The number of benzene rings is 3.